The minimum atomic E-state index is 0.544. The van der Waals surface area contributed by atoms with Crippen LogP contribution in [0.2, 0.25) is 0 Å². The van der Waals surface area contributed by atoms with Crippen LogP contribution in [0.15, 0.2) is 12.4 Å². The first-order valence-electron chi connectivity index (χ1n) is 6.43. The van der Waals surface area contributed by atoms with Gasteiger partial charge in [-0.1, -0.05) is 26.7 Å². The number of likely N-dealkylation sites (N-methyl/N-ethyl adjacent to an activating group) is 1. The van der Waals surface area contributed by atoms with Crippen LogP contribution in [0.4, 0.5) is 0 Å². The highest BCUT2D eigenvalue weighted by Gasteiger charge is 2.18. The van der Waals surface area contributed by atoms with Crippen LogP contribution in [0, 0.1) is 5.92 Å². The first kappa shape index (κ1) is 13.2. The van der Waals surface area contributed by atoms with Crippen LogP contribution in [0.25, 0.3) is 0 Å². The largest absolute Gasteiger partial charge is 0.335 e. The van der Waals surface area contributed by atoms with Crippen molar-refractivity contribution in [3.8, 4) is 0 Å². The van der Waals surface area contributed by atoms with E-state index in [-0.39, 0.29) is 0 Å². The normalized spacial score (nSPS) is 13.3. The standard InChI is InChI=1S/C13H25N3/c1-5-11(6-2)12(14-4)10-13-15-8-9-16(13)7-3/h8-9,11-12,14H,5-7,10H2,1-4H3. The zero-order valence-electron chi connectivity index (χ0n) is 11.0. The second-order valence-electron chi connectivity index (χ2n) is 4.31. The van der Waals surface area contributed by atoms with Gasteiger partial charge >= 0.3 is 0 Å². The molecule has 0 spiro atoms. The van der Waals surface area contributed by atoms with Crippen LogP contribution < -0.4 is 5.32 Å². The highest BCUT2D eigenvalue weighted by Crippen LogP contribution is 2.16. The lowest BCUT2D eigenvalue weighted by atomic mass is 9.92. The third-order valence-electron chi connectivity index (χ3n) is 3.53. The molecule has 1 aromatic rings. The molecule has 0 amide bonds. The van der Waals surface area contributed by atoms with Gasteiger partial charge in [-0.15, -0.1) is 0 Å². The topological polar surface area (TPSA) is 29.9 Å². The van der Waals surface area contributed by atoms with Gasteiger partial charge in [-0.05, 0) is 19.9 Å². The van der Waals surface area contributed by atoms with E-state index < -0.39 is 0 Å². The van der Waals surface area contributed by atoms with E-state index in [1.165, 1.54) is 18.7 Å². The molecule has 0 bridgehead atoms. The predicted molar refractivity (Wildman–Crippen MR) is 68.5 cm³/mol. The lowest BCUT2D eigenvalue weighted by Gasteiger charge is -2.24. The summed E-state index contributed by atoms with van der Waals surface area (Å²) in [7, 11) is 2.06. The highest BCUT2D eigenvalue weighted by atomic mass is 15.1. The Bertz CT molecular complexity index is 289. The Balaban J connectivity index is 2.69. The monoisotopic (exact) mass is 223 g/mol. The predicted octanol–water partition coefficient (Wildman–Crippen LogP) is 2.47. The summed E-state index contributed by atoms with van der Waals surface area (Å²) in [6.45, 7) is 7.71. The van der Waals surface area contributed by atoms with Crippen molar-refractivity contribution >= 4 is 0 Å². The Hall–Kier alpha value is -0.830. The van der Waals surface area contributed by atoms with Gasteiger partial charge in [-0.2, -0.15) is 0 Å². The van der Waals surface area contributed by atoms with Crippen LogP contribution in [0.3, 0.4) is 0 Å². The molecule has 0 aromatic carbocycles. The second kappa shape index (κ2) is 6.69. The van der Waals surface area contributed by atoms with Crippen molar-refractivity contribution in [3.63, 3.8) is 0 Å². The van der Waals surface area contributed by atoms with E-state index in [1.54, 1.807) is 0 Å². The minimum absolute atomic E-state index is 0.544. The summed E-state index contributed by atoms with van der Waals surface area (Å²) in [5.74, 6) is 1.95. The van der Waals surface area contributed by atoms with Crippen molar-refractivity contribution in [2.24, 2.45) is 5.92 Å². The number of hydrogen-bond donors (Lipinski definition) is 1. The van der Waals surface area contributed by atoms with Crippen molar-refractivity contribution in [3.05, 3.63) is 18.2 Å². The van der Waals surface area contributed by atoms with E-state index in [0.717, 1.165) is 18.9 Å². The van der Waals surface area contributed by atoms with E-state index in [1.807, 2.05) is 6.20 Å². The summed E-state index contributed by atoms with van der Waals surface area (Å²) in [6, 6.07) is 0.544. The summed E-state index contributed by atoms with van der Waals surface area (Å²) < 4.78 is 2.23. The van der Waals surface area contributed by atoms with Gasteiger partial charge in [0.25, 0.3) is 0 Å². The first-order chi connectivity index (χ1) is 7.76. The van der Waals surface area contributed by atoms with Gasteiger partial charge in [0.05, 0.1) is 0 Å². The van der Waals surface area contributed by atoms with Gasteiger partial charge in [0.2, 0.25) is 0 Å². The van der Waals surface area contributed by atoms with Crippen LogP contribution >= 0.6 is 0 Å². The van der Waals surface area contributed by atoms with Crippen molar-refractivity contribution in [2.75, 3.05) is 7.05 Å². The summed E-state index contributed by atoms with van der Waals surface area (Å²) in [5.41, 5.74) is 0. The average Bonchev–Trinajstić information content (AvgIpc) is 2.76. The molecule has 92 valence electrons. The zero-order chi connectivity index (χ0) is 12.0. The summed E-state index contributed by atoms with van der Waals surface area (Å²) in [4.78, 5) is 4.45. The summed E-state index contributed by atoms with van der Waals surface area (Å²) in [5, 5.41) is 3.44. The Kier molecular flexibility index (Phi) is 5.53. The number of nitrogens with zero attached hydrogens (tertiary/aromatic N) is 2. The maximum absolute atomic E-state index is 4.45. The van der Waals surface area contributed by atoms with Gasteiger partial charge in [0.15, 0.2) is 0 Å². The van der Waals surface area contributed by atoms with E-state index in [0.29, 0.717) is 6.04 Å². The van der Waals surface area contributed by atoms with Crippen LogP contribution in [-0.2, 0) is 13.0 Å². The molecule has 0 fully saturated rings. The quantitative estimate of drug-likeness (QED) is 0.769. The molecule has 3 nitrogen and oxygen atoms in total. The van der Waals surface area contributed by atoms with Crippen molar-refractivity contribution in [1.29, 1.82) is 0 Å². The molecular formula is C13H25N3. The third-order valence-corrected chi connectivity index (χ3v) is 3.53. The highest BCUT2D eigenvalue weighted by molar-refractivity contribution is 4.96. The van der Waals surface area contributed by atoms with Gasteiger partial charge in [0.1, 0.15) is 5.82 Å². The fourth-order valence-corrected chi connectivity index (χ4v) is 2.38. The Morgan fingerprint density at radius 3 is 2.50 bits per heavy atom. The first-order valence-corrected chi connectivity index (χ1v) is 6.43. The lowest BCUT2D eigenvalue weighted by Crippen LogP contribution is -2.36. The molecular weight excluding hydrogens is 198 g/mol. The third kappa shape index (κ3) is 3.08. The number of aryl methyl sites for hydroxylation is 1. The van der Waals surface area contributed by atoms with Crippen molar-refractivity contribution in [1.82, 2.24) is 14.9 Å². The smallest absolute Gasteiger partial charge is 0.110 e. The lowest BCUT2D eigenvalue weighted by molar-refractivity contribution is 0.342. The number of hydrogen-bond acceptors (Lipinski definition) is 2. The van der Waals surface area contributed by atoms with Crippen molar-refractivity contribution in [2.45, 2.75) is 52.6 Å². The average molecular weight is 223 g/mol. The molecule has 3 heteroatoms. The zero-order valence-corrected chi connectivity index (χ0v) is 11.0. The summed E-state index contributed by atoms with van der Waals surface area (Å²) in [6.07, 6.45) is 7.46. The Morgan fingerprint density at radius 2 is 2.00 bits per heavy atom. The van der Waals surface area contributed by atoms with Crippen molar-refractivity contribution < 1.29 is 0 Å². The summed E-state index contributed by atoms with van der Waals surface area (Å²) >= 11 is 0. The molecule has 1 N–H and O–H groups in total. The number of imidazole rings is 1. The van der Waals surface area contributed by atoms with E-state index in [4.69, 9.17) is 0 Å². The maximum Gasteiger partial charge on any atom is 0.110 e. The van der Waals surface area contributed by atoms with E-state index >= 15 is 0 Å². The van der Waals surface area contributed by atoms with Gasteiger partial charge in [-0.25, -0.2) is 4.98 Å². The number of nitrogens with one attached hydrogen (secondary N) is 1. The van der Waals surface area contributed by atoms with Gasteiger partial charge in [0, 0.05) is 31.4 Å². The Morgan fingerprint density at radius 1 is 1.31 bits per heavy atom. The van der Waals surface area contributed by atoms with Gasteiger partial charge < -0.3 is 9.88 Å². The molecule has 0 aliphatic heterocycles. The molecule has 1 aromatic heterocycles. The van der Waals surface area contributed by atoms with E-state index in [9.17, 15) is 0 Å². The molecule has 1 heterocycles. The number of rotatable bonds is 7. The second-order valence-corrected chi connectivity index (χ2v) is 4.31. The minimum Gasteiger partial charge on any atom is -0.335 e. The molecule has 1 atom stereocenters. The molecule has 0 radical (unpaired) electrons. The number of aromatic nitrogens is 2. The van der Waals surface area contributed by atoms with Crippen LogP contribution in [-0.4, -0.2) is 22.6 Å². The molecule has 16 heavy (non-hydrogen) atoms. The molecule has 0 saturated heterocycles. The van der Waals surface area contributed by atoms with Crippen LogP contribution in [0.5, 0.6) is 0 Å². The molecule has 1 unspecified atom stereocenters. The Labute approximate surface area is 99.3 Å². The molecule has 0 aliphatic carbocycles. The maximum atomic E-state index is 4.45. The molecule has 0 saturated carbocycles. The SMILES string of the molecule is CCC(CC)C(Cc1nccn1CC)NC. The van der Waals surface area contributed by atoms with Gasteiger partial charge in [-0.3, -0.25) is 0 Å². The van der Waals surface area contributed by atoms with E-state index in [2.05, 4.69) is 48.9 Å². The molecule has 1 rings (SSSR count). The fourth-order valence-electron chi connectivity index (χ4n) is 2.38. The molecule has 0 aliphatic rings. The van der Waals surface area contributed by atoms with Crippen LogP contribution in [0.1, 0.15) is 39.4 Å². The fraction of sp³-hybridized carbons (Fsp3) is 0.769.